The number of nitrogens with zero attached hydrogens (tertiary/aromatic N) is 1. The summed E-state index contributed by atoms with van der Waals surface area (Å²) in [7, 11) is 0. The van der Waals surface area contributed by atoms with Gasteiger partial charge in [0.15, 0.2) is 5.76 Å². The van der Waals surface area contributed by atoms with Gasteiger partial charge in [0.2, 0.25) is 0 Å². The first-order chi connectivity index (χ1) is 8.01. The SMILES string of the molecule is C=CCCOCc1cc(CNC(C)(C)C)no1. The zero-order valence-corrected chi connectivity index (χ0v) is 11.0. The molecule has 0 aromatic carbocycles. The molecular weight excluding hydrogens is 216 g/mol. The summed E-state index contributed by atoms with van der Waals surface area (Å²) in [4.78, 5) is 0. The molecule has 4 heteroatoms. The standard InChI is InChI=1S/C13H22N2O2/c1-5-6-7-16-10-12-8-11(15-17-12)9-14-13(2,3)4/h5,8,14H,1,6-7,9-10H2,2-4H3. The van der Waals surface area contributed by atoms with Crippen molar-refractivity contribution in [2.45, 2.75) is 45.9 Å². The van der Waals surface area contributed by atoms with Crippen molar-refractivity contribution in [3.63, 3.8) is 0 Å². The van der Waals surface area contributed by atoms with Crippen molar-refractivity contribution in [1.29, 1.82) is 0 Å². The molecule has 1 N–H and O–H groups in total. The Bertz CT molecular complexity index is 339. The van der Waals surface area contributed by atoms with Crippen LogP contribution in [0.2, 0.25) is 0 Å². The molecule has 0 amide bonds. The second kappa shape index (κ2) is 6.57. The van der Waals surface area contributed by atoms with Crippen molar-refractivity contribution >= 4 is 0 Å². The minimum absolute atomic E-state index is 0.0829. The highest BCUT2D eigenvalue weighted by molar-refractivity contribution is 5.04. The first-order valence-corrected chi connectivity index (χ1v) is 5.89. The molecule has 1 aromatic heterocycles. The minimum atomic E-state index is 0.0829. The van der Waals surface area contributed by atoms with E-state index in [1.165, 1.54) is 0 Å². The van der Waals surface area contributed by atoms with Crippen LogP contribution in [-0.4, -0.2) is 17.3 Å². The first kappa shape index (κ1) is 13.9. The average Bonchev–Trinajstić information content (AvgIpc) is 2.69. The van der Waals surface area contributed by atoms with Crippen molar-refractivity contribution < 1.29 is 9.26 Å². The van der Waals surface area contributed by atoms with E-state index in [-0.39, 0.29) is 5.54 Å². The van der Waals surface area contributed by atoms with Crippen LogP contribution in [0.4, 0.5) is 0 Å². The molecule has 17 heavy (non-hydrogen) atoms. The molecule has 0 unspecified atom stereocenters. The maximum atomic E-state index is 5.39. The quantitative estimate of drug-likeness (QED) is 0.586. The number of ether oxygens (including phenoxy) is 1. The van der Waals surface area contributed by atoms with Gasteiger partial charge in [0.1, 0.15) is 6.61 Å². The average molecular weight is 238 g/mol. The minimum Gasteiger partial charge on any atom is -0.373 e. The third kappa shape index (κ3) is 6.24. The monoisotopic (exact) mass is 238 g/mol. The highest BCUT2D eigenvalue weighted by atomic mass is 16.5. The molecule has 0 atom stereocenters. The zero-order valence-electron chi connectivity index (χ0n) is 11.0. The van der Waals surface area contributed by atoms with Gasteiger partial charge in [-0.3, -0.25) is 0 Å². The molecule has 1 heterocycles. The molecule has 1 aromatic rings. The molecule has 4 nitrogen and oxygen atoms in total. The fraction of sp³-hybridized carbons (Fsp3) is 0.615. The van der Waals surface area contributed by atoms with Crippen LogP contribution in [0.25, 0.3) is 0 Å². The lowest BCUT2D eigenvalue weighted by molar-refractivity contribution is 0.105. The Labute approximate surface area is 103 Å². The van der Waals surface area contributed by atoms with Crippen LogP contribution in [0.1, 0.15) is 38.6 Å². The van der Waals surface area contributed by atoms with Crippen molar-refractivity contribution in [3.05, 3.63) is 30.2 Å². The van der Waals surface area contributed by atoms with E-state index >= 15 is 0 Å². The Kier molecular flexibility index (Phi) is 5.38. The highest BCUT2D eigenvalue weighted by Crippen LogP contribution is 2.07. The topological polar surface area (TPSA) is 47.3 Å². The number of rotatable bonds is 7. The smallest absolute Gasteiger partial charge is 0.162 e. The maximum Gasteiger partial charge on any atom is 0.162 e. The number of aromatic nitrogens is 1. The lowest BCUT2D eigenvalue weighted by atomic mass is 10.1. The number of nitrogens with one attached hydrogen (secondary N) is 1. The molecule has 0 saturated heterocycles. The van der Waals surface area contributed by atoms with E-state index in [2.05, 4.69) is 37.8 Å². The van der Waals surface area contributed by atoms with Gasteiger partial charge >= 0.3 is 0 Å². The lowest BCUT2D eigenvalue weighted by Crippen LogP contribution is -2.35. The van der Waals surface area contributed by atoms with Crippen LogP contribution < -0.4 is 5.32 Å². The molecule has 0 radical (unpaired) electrons. The van der Waals surface area contributed by atoms with Gasteiger partial charge in [0.05, 0.1) is 12.3 Å². The molecule has 0 bridgehead atoms. The molecule has 0 fully saturated rings. The van der Waals surface area contributed by atoms with E-state index in [0.717, 1.165) is 17.9 Å². The molecule has 1 rings (SSSR count). The second-order valence-electron chi connectivity index (χ2n) is 5.02. The molecule has 0 aliphatic heterocycles. The summed E-state index contributed by atoms with van der Waals surface area (Å²) in [6.45, 7) is 11.8. The highest BCUT2D eigenvalue weighted by Gasteiger charge is 2.10. The van der Waals surface area contributed by atoms with Gasteiger partial charge in [0.25, 0.3) is 0 Å². The van der Waals surface area contributed by atoms with Crippen LogP contribution >= 0.6 is 0 Å². The van der Waals surface area contributed by atoms with Gasteiger partial charge < -0.3 is 14.6 Å². The summed E-state index contributed by atoms with van der Waals surface area (Å²) in [6, 6.07) is 1.92. The van der Waals surface area contributed by atoms with E-state index in [0.29, 0.717) is 19.8 Å². The second-order valence-corrected chi connectivity index (χ2v) is 5.02. The third-order valence-electron chi connectivity index (χ3n) is 2.12. The Balaban J connectivity index is 2.30. The zero-order chi connectivity index (χ0) is 12.7. The molecular formula is C13H22N2O2. The normalized spacial score (nSPS) is 11.7. The Hall–Kier alpha value is -1.13. The van der Waals surface area contributed by atoms with Crippen LogP contribution in [-0.2, 0) is 17.9 Å². The van der Waals surface area contributed by atoms with Crippen molar-refractivity contribution in [2.24, 2.45) is 0 Å². The molecule has 0 saturated carbocycles. The summed E-state index contributed by atoms with van der Waals surface area (Å²) in [6.07, 6.45) is 2.69. The van der Waals surface area contributed by atoms with E-state index in [1.807, 2.05) is 12.1 Å². The largest absolute Gasteiger partial charge is 0.373 e. The third-order valence-corrected chi connectivity index (χ3v) is 2.12. The van der Waals surface area contributed by atoms with Gasteiger partial charge in [-0.15, -0.1) is 6.58 Å². The molecule has 0 aliphatic carbocycles. The number of hydrogen-bond acceptors (Lipinski definition) is 4. The van der Waals surface area contributed by atoms with Gasteiger partial charge in [-0.25, -0.2) is 0 Å². The van der Waals surface area contributed by atoms with E-state index in [4.69, 9.17) is 9.26 Å². The van der Waals surface area contributed by atoms with Crippen molar-refractivity contribution in [1.82, 2.24) is 10.5 Å². The van der Waals surface area contributed by atoms with E-state index < -0.39 is 0 Å². The summed E-state index contributed by atoms with van der Waals surface area (Å²) in [5, 5.41) is 7.33. The molecule has 0 aliphatic rings. The van der Waals surface area contributed by atoms with Crippen molar-refractivity contribution in [3.8, 4) is 0 Å². The Morgan fingerprint density at radius 1 is 1.53 bits per heavy atom. The van der Waals surface area contributed by atoms with Gasteiger partial charge in [-0.1, -0.05) is 11.2 Å². The van der Waals surface area contributed by atoms with Gasteiger partial charge in [0, 0.05) is 18.2 Å². The van der Waals surface area contributed by atoms with Crippen molar-refractivity contribution in [2.75, 3.05) is 6.61 Å². The Morgan fingerprint density at radius 2 is 2.29 bits per heavy atom. The maximum absolute atomic E-state index is 5.39. The summed E-state index contributed by atoms with van der Waals surface area (Å²) >= 11 is 0. The number of hydrogen-bond donors (Lipinski definition) is 1. The summed E-state index contributed by atoms with van der Waals surface area (Å²) < 4.78 is 10.6. The molecule has 96 valence electrons. The Morgan fingerprint density at radius 3 is 2.94 bits per heavy atom. The lowest BCUT2D eigenvalue weighted by Gasteiger charge is -2.19. The van der Waals surface area contributed by atoms with Gasteiger partial charge in [-0.2, -0.15) is 0 Å². The van der Waals surface area contributed by atoms with E-state index in [1.54, 1.807) is 0 Å². The van der Waals surface area contributed by atoms with Crippen LogP contribution in [0.5, 0.6) is 0 Å². The van der Waals surface area contributed by atoms with Crippen LogP contribution in [0, 0.1) is 0 Å². The fourth-order valence-electron chi connectivity index (χ4n) is 1.20. The predicted molar refractivity (Wildman–Crippen MR) is 67.6 cm³/mol. The molecule has 0 spiro atoms. The summed E-state index contributed by atoms with van der Waals surface area (Å²) in [5.74, 6) is 0.764. The fourth-order valence-corrected chi connectivity index (χ4v) is 1.20. The van der Waals surface area contributed by atoms with Gasteiger partial charge in [-0.05, 0) is 27.2 Å². The summed E-state index contributed by atoms with van der Waals surface area (Å²) in [5.41, 5.74) is 0.988. The predicted octanol–water partition coefficient (Wildman–Crippen LogP) is 2.66. The van der Waals surface area contributed by atoms with Crippen LogP contribution in [0.15, 0.2) is 23.2 Å². The first-order valence-electron chi connectivity index (χ1n) is 5.89. The van der Waals surface area contributed by atoms with E-state index in [9.17, 15) is 0 Å². The van der Waals surface area contributed by atoms with Crippen LogP contribution in [0.3, 0.4) is 0 Å².